The molecule has 0 unspecified atom stereocenters. The van der Waals surface area contributed by atoms with Gasteiger partial charge in [0.1, 0.15) is 0 Å². The van der Waals surface area contributed by atoms with Gasteiger partial charge in [0.15, 0.2) is 0 Å². The lowest BCUT2D eigenvalue weighted by atomic mass is 10.1. The Bertz CT molecular complexity index is 1570. The predicted molar refractivity (Wildman–Crippen MR) is 131 cm³/mol. The van der Waals surface area contributed by atoms with E-state index in [4.69, 9.17) is 9.11 Å². The van der Waals surface area contributed by atoms with Crippen LogP contribution in [-0.4, -0.2) is 51.1 Å². The first-order valence-electron chi connectivity index (χ1n) is 10.2. The van der Waals surface area contributed by atoms with E-state index >= 15 is 0 Å². The van der Waals surface area contributed by atoms with Crippen LogP contribution in [0.25, 0.3) is 0 Å². The second-order valence-electron chi connectivity index (χ2n) is 7.72. The van der Waals surface area contributed by atoms with Gasteiger partial charge in [-0.05, 0) is 67.4 Å². The van der Waals surface area contributed by atoms with E-state index < -0.39 is 41.2 Å². The van der Waals surface area contributed by atoms with Gasteiger partial charge in [0.25, 0.3) is 26.0 Å². The lowest BCUT2D eigenvalue weighted by molar-refractivity contribution is 0.0862. The zero-order valence-electron chi connectivity index (χ0n) is 18.8. The van der Waals surface area contributed by atoms with Crippen LogP contribution in [0.5, 0.6) is 0 Å². The second-order valence-corrected chi connectivity index (χ2v) is 12.2. The fourth-order valence-corrected chi connectivity index (χ4v) is 5.50. The summed E-state index contributed by atoms with van der Waals surface area (Å²) in [5, 5.41) is 0. The zero-order chi connectivity index (χ0) is 26.7. The van der Waals surface area contributed by atoms with Crippen molar-refractivity contribution in [1.82, 2.24) is 4.31 Å². The van der Waals surface area contributed by atoms with E-state index in [1.54, 1.807) is 19.1 Å². The Morgan fingerprint density at radius 2 is 1.31 bits per heavy atom. The molecule has 3 rings (SSSR count). The van der Waals surface area contributed by atoms with Gasteiger partial charge >= 0.3 is 10.3 Å². The molecular weight excluding hydrogens is 532 g/mol. The highest BCUT2D eigenvalue weighted by atomic mass is 32.2. The van der Waals surface area contributed by atoms with E-state index in [0.29, 0.717) is 9.87 Å². The molecule has 11 nitrogen and oxygen atoms in total. The Labute approximate surface area is 209 Å². The number of anilines is 1. The van der Waals surface area contributed by atoms with Crippen LogP contribution in [0.2, 0.25) is 0 Å². The topological polar surface area (TPSA) is 175 Å². The summed E-state index contributed by atoms with van der Waals surface area (Å²) in [4.78, 5) is 12.7. The first kappa shape index (κ1) is 27.3. The maximum atomic E-state index is 13.4. The van der Waals surface area contributed by atoms with Crippen molar-refractivity contribution in [2.24, 2.45) is 0 Å². The molecule has 0 spiro atoms. The van der Waals surface area contributed by atoms with Gasteiger partial charge in [0.2, 0.25) is 0 Å². The third kappa shape index (κ3) is 6.89. The molecule has 0 aliphatic rings. The molecule has 36 heavy (non-hydrogen) atoms. The molecular formula is C22H22N2O9S3. The highest BCUT2D eigenvalue weighted by Gasteiger charge is 2.30. The van der Waals surface area contributed by atoms with Crippen LogP contribution in [0.3, 0.4) is 0 Å². The standard InChI is InChI=1S/C22H22N2O9S3/c1-16-2-10-20(11-3-16)34(26,27)24(22(25)18-6-12-21(13-7-18)35(28,29)30)15-14-17-4-8-19(9-5-17)23-36(31,32)33/h2-13,23H,14-15H2,1H3,(H,28,29,30)(H,31,32,33). The van der Waals surface area contributed by atoms with Crippen LogP contribution in [0.15, 0.2) is 82.6 Å². The summed E-state index contributed by atoms with van der Waals surface area (Å²) in [6, 6.07) is 15.8. The van der Waals surface area contributed by atoms with Crippen LogP contribution in [0, 0.1) is 6.92 Å². The second kappa shape index (κ2) is 10.4. The fourth-order valence-electron chi connectivity index (χ4n) is 3.20. The van der Waals surface area contributed by atoms with E-state index in [-0.39, 0.29) is 29.1 Å². The molecule has 1 amide bonds. The third-order valence-electron chi connectivity index (χ3n) is 5.04. The minimum Gasteiger partial charge on any atom is -0.282 e. The number of nitrogens with zero attached hydrogens (tertiary/aromatic N) is 1. The zero-order valence-corrected chi connectivity index (χ0v) is 21.2. The number of amides is 1. The molecule has 0 atom stereocenters. The van der Waals surface area contributed by atoms with Crippen molar-refractivity contribution in [2.45, 2.75) is 23.1 Å². The molecule has 3 aromatic carbocycles. The maximum Gasteiger partial charge on any atom is 0.357 e. The number of hydrogen-bond acceptors (Lipinski definition) is 7. The molecule has 14 heteroatoms. The van der Waals surface area contributed by atoms with Crippen LogP contribution in [-0.2, 0) is 36.9 Å². The monoisotopic (exact) mass is 554 g/mol. The Balaban J connectivity index is 1.93. The molecule has 3 N–H and O–H groups in total. The molecule has 0 saturated heterocycles. The average molecular weight is 555 g/mol. The predicted octanol–water partition coefficient (Wildman–Crippen LogP) is 2.53. The number of carbonyl (C=O) groups is 1. The van der Waals surface area contributed by atoms with Crippen molar-refractivity contribution in [1.29, 1.82) is 0 Å². The Morgan fingerprint density at radius 1 is 0.778 bits per heavy atom. The lowest BCUT2D eigenvalue weighted by Gasteiger charge is -2.23. The van der Waals surface area contributed by atoms with Gasteiger partial charge < -0.3 is 0 Å². The van der Waals surface area contributed by atoms with E-state index in [9.17, 15) is 30.0 Å². The van der Waals surface area contributed by atoms with Gasteiger partial charge in [-0.3, -0.25) is 18.6 Å². The smallest absolute Gasteiger partial charge is 0.282 e. The molecule has 0 fully saturated rings. The molecule has 0 heterocycles. The van der Waals surface area contributed by atoms with E-state index in [2.05, 4.69) is 0 Å². The first-order chi connectivity index (χ1) is 16.7. The Hall–Kier alpha value is -3.30. The molecule has 0 radical (unpaired) electrons. The number of nitrogens with one attached hydrogen (secondary N) is 1. The number of benzene rings is 3. The van der Waals surface area contributed by atoms with E-state index in [1.807, 2.05) is 4.72 Å². The van der Waals surface area contributed by atoms with Crippen LogP contribution >= 0.6 is 0 Å². The molecule has 0 aliphatic carbocycles. The van der Waals surface area contributed by atoms with Gasteiger partial charge in [-0.2, -0.15) is 16.8 Å². The van der Waals surface area contributed by atoms with Crippen molar-refractivity contribution < 1.29 is 39.2 Å². The van der Waals surface area contributed by atoms with E-state index in [1.165, 1.54) is 36.4 Å². The molecule has 0 aromatic heterocycles. The minimum absolute atomic E-state index is 0.0616. The van der Waals surface area contributed by atoms with Gasteiger partial charge in [-0.15, -0.1) is 0 Å². The highest BCUT2D eigenvalue weighted by Crippen LogP contribution is 2.21. The van der Waals surface area contributed by atoms with Crippen molar-refractivity contribution in [2.75, 3.05) is 11.3 Å². The Kier molecular flexibility index (Phi) is 7.85. The minimum atomic E-state index is -4.50. The quantitative estimate of drug-likeness (QED) is 0.336. The van der Waals surface area contributed by atoms with Crippen molar-refractivity contribution >= 4 is 42.0 Å². The van der Waals surface area contributed by atoms with Crippen molar-refractivity contribution in [3.05, 3.63) is 89.5 Å². The number of carbonyl (C=O) groups excluding carboxylic acids is 1. The van der Waals surface area contributed by atoms with Crippen molar-refractivity contribution in [3.63, 3.8) is 0 Å². The molecule has 192 valence electrons. The normalized spacial score (nSPS) is 12.2. The summed E-state index contributed by atoms with van der Waals surface area (Å²) in [6.45, 7) is 1.48. The summed E-state index contributed by atoms with van der Waals surface area (Å²) in [5.41, 5.74) is 1.34. The molecule has 0 saturated carbocycles. The summed E-state index contributed by atoms with van der Waals surface area (Å²) in [6.07, 6.45) is 0.0616. The van der Waals surface area contributed by atoms with E-state index in [0.717, 1.165) is 29.8 Å². The summed E-state index contributed by atoms with van der Waals surface area (Å²) < 4.78 is 91.8. The average Bonchev–Trinajstić information content (AvgIpc) is 2.79. The summed E-state index contributed by atoms with van der Waals surface area (Å²) in [5.74, 6) is -0.915. The van der Waals surface area contributed by atoms with Crippen LogP contribution in [0.4, 0.5) is 5.69 Å². The largest absolute Gasteiger partial charge is 0.357 e. The van der Waals surface area contributed by atoms with Gasteiger partial charge in [-0.25, -0.2) is 12.7 Å². The molecule has 0 aliphatic heterocycles. The lowest BCUT2D eigenvalue weighted by Crippen LogP contribution is -2.38. The Morgan fingerprint density at radius 3 is 1.81 bits per heavy atom. The number of aryl methyl sites for hydroxylation is 1. The third-order valence-corrected chi connectivity index (χ3v) is 8.20. The first-order valence-corrected chi connectivity index (χ1v) is 14.5. The highest BCUT2D eigenvalue weighted by molar-refractivity contribution is 7.89. The number of sulfonamides is 1. The van der Waals surface area contributed by atoms with Crippen LogP contribution < -0.4 is 4.72 Å². The number of hydrogen-bond donors (Lipinski definition) is 3. The number of rotatable bonds is 9. The maximum absolute atomic E-state index is 13.4. The summed E-state index contributed by atoms with van der Waals surface area (Å²) in [7, 11) is -13.3. The summed E-state index contributed by atoms with van der Waals surface area (Å²) >= 11 is 0. The molecule has 3 aromatic rings. The fraction of sp³-hybridized carbons (Fsp3) is 0.136. The van der Waals surface area contributed by atoms with Gasteiger partial charge in [0.05, 0.1) is 15.5 Å². The van der Waals surface area contributed by atoms with Gasteiger partial charge in [0, 0.05) is 12.1 Å². The van der Waals surface area contributed by atoms with Crippen LogP contribution in [0.1, 0.15) is 21.5 Å². The molecule has 0 bridgehead atoms. The van der Waals surface area contributed by atoms with Gasteiger partial charge in [-0.1, -0.05) is 29.8 Å². The SMILES string of the molecule is Cc1ccc(S(=O)(=O)N(CCc2ccc(NS(=O)(=O)O)cc2)C(=O)c2ccc(S(=O)(=O)O)cc2)cc1. The van der Waals surface area contributed by atoms with Crippen molar-refractivity contribution in [3.8, 4) is 0 Å².